The Hall–Kier alpha value is -1.54. The van der Waals surface area contributed by atoms with Crippen LogP contribution in [0.3, 0.4) is 0 Å². The number of carbonyl (C=O) groups excluding carboxylic acids is 1. The van der Waals surface area contributed by atoms with Crippen molar-refractivity contribution in [1.82, 2.24) is 0 Å². The second-order valence-corrected chi connectivity index (χ2v) is 22.7. The number of quaternary nitrogens is 1. The molecule has 0 fully saturated rings. The normalized spacial score (nSPS) is 13.7. The summed E-state index contributed by atoms with van der Waals surface area (Å²) in [7, 11) is 1.36. The number of rotatable bonds is 56. The van der Waals surface area contributed by atoms with Gasteiger partial charge in [-0.2, -0.15) is 0 Å². The van der Waals surface area contributed by atoms with E-state index in [0.29, 0.717) is 24.1 Å². The molecule has 0 saturated carbocycles. The Bertz CT molecular complexity index is 1260. The predicted octanol–water partition coefficient (Wildman–Crippen LogP) is 18.4. The van der Waals surface area contributed by atoms with E-state index in [0.717, 1.165) is 57.8 Å². The monoisotopic (exact) mass is 1010 g/mol. The number of hydrogen-bond acceptors (Lipinski definition) is 7. The van der Waals surface area contributed by atoms with Crippen LogP contribution in [-0.2, 0) is 27.9 Å². The van der Waals surface area contributed by atoms with Gasteiger partial charge in [-0.15, -0.1) is 0 Å². The molecule has 0 aromatic carbocycles. The Morgan fingerprint density at radius 2 is 0.829 bits per heavy atom. The predicted molar refractivity (Wildman–Crippen MR) is 300 cm³/mol. The number of phosphoric ester groups is 1. The summed E-state index contributed by atoms with van der Waals surface area (Å²) in [6, 6.07) is 0. The smallest absolute Gasteiger partial charge is 0.306 e. The highest BCUT2D eigenvalue weighted by molar-refractivity contribution is 7.45. The van der Waals surface area contributed by atoms with Crippen molar-refractivity contribution in [3.05, 3.63) is 48.6 Å². The summed E-state index contributed by atoms with van der Waals surface area (Å²) >= 11 is 0. The number of ether oxygens (including phenoxy) is 2. The van der Waals surface area contributed by atoms with Crippen LogP contribution in [0.5, 0.6) is 0 Å². The van der Waals surface area contributed by atoms with E-state index in [1.165, 1.54) is 199 Å². The van der Waals surface area contributed by atoms with Gasteiger partial charge in [-0.3, -0.25) is 9.36 Å². The Balaban J connectivity index is 4.03. The van der Waals surface area contributed by atoms with Crippen molar-refractivity contribution >= 4 is 13.8 Å². The number of unbranched alkanes of at least 4 members (excludes halogenated alkanes) is 34. The van der Waals surface area contributed by atoms with E-state index in [1.54, 1.807) is 0 Å². The van der Waals surface area contributed by atoms with Gasteiger partial charge >= 0.3 is 5.97 Å². The van der Waals surface area contributed by atoms with Gasteiger partial charge in [0.2, 0.25) is 0 Å². The molecule has 0 aliphatic rings. The molecular formula is C61H116NO7P. The molecule has 0 amide bonds. The quantitative estimate of drug-likeness (QED) is 0.0197. The number of phosphoric acid groups is 1. The summed E-state index contributed by atoms with van der Waals surface area (Å²) in [5.74, 6) is -0.334. The van der Waals surface area contributed by atoms with E-state index < -0.39 is 13.9 Å². The SMILES string of the molecule is CC/C=C\C/C=C\C/C=C\C/C=C\CCCCCCCCCCCCC(=O)OC(COCCCCCCCCCCCCCCCCCCCCCCCCCCC)COP(=O)([O-])OCC[N+](C)(C)C. The maximum absolute atomic E-state index is 12.8. The summed E-state index contributed by atoms with van der Waals surface area (Å²) < 4.78 is 34.9. The average Bonchev–Trinajstić information content (AvgIpc) is 3.32. The molecule has 0 aliphatic heterocycles. The Labute approximate surface area is 435 Å². The minimum Gasteiger partial charge on any atom is -0.756 e. The summed E-state index contributed by atoms with van der Waals surface area (Å²) in [5.41, 5.74) is 0. The summed E-state index contributed by atoms with van der Waals surface area (Å²) in [6.45, 7) is 5.35. The van der Waals surface area contributed by atoms with E-state index >= 15 is 0 Å². The molecule has 412 valence electrons. The van der Waals surface area contributed by atoms with E-state index in [4.69, 9.17) is 18.5 Å². The molecule has 0 N–H and O–H groups in total. The van der Waals surface area contributed by atoms with Gasteiger partial charge in [0.15, 0.2) is 0 Å². The molecule has 70 heavy (non-hydrogen) atoms. The molecule has 0 aromatic heterocycles. The zero-order valence-electron chi connectivity index (χ0n) is 47.0. The van der Waals surface area contributed by atoms with E-state index in [1.807, 2.05) is 21.1 Å². The molecule has 0 spiro atoms. The van der Waals surface area contributed by atoms with Gasteiger partial charge in [-0.05, 0) is 51.4 Å². The molecule has 2 unspecified atom stereocenters. The summed E-state index contributed by atoms with van der Waals surface area (Å²) in [5, 5.41) is 0. The van der Waals surface area contributed by atoms with Crippen molar-refractivity contribution in [1.29, 1.82) is 0 Å². The number of carbonyl (C=O) groups is 1. The number of esters is 1. The summed E-state index contributed by atoms with van der Waals surface area (Å²) in [6.07, 6.45) is 68.7. The van der Waals surface area contributed by atoms with Crippen LogP contribution >= 0.6 is 7.82 Å². The lowest BCUT2D eigenvalue weighted by atomic mass is 10.0. The molecule has 0 saturated heterocycles. The minimum atomic E-state index is -4.54. The fourth-order valence-corrected chi connectivity index (χ4v) is 9.33. The zero-order chi connectivity index (χ0) is 51.2. The fourth-order valence-electron chi connectivity index (χ4n) is 8.60. The van der Waals surface area contributed by atoms with Crippen LogP contribution in [0.2, 0.25) is 0 Å². The first kappa shape index (κ1) is 68.5. The molecule has 0 aromatic rings. The first-order valence-corrected chi connectivity index (χ1v) is 31.3. The second kappa shape index (κ2) is 53.7. The van der Waals surface area contributed by atoms with Crippen LogP contribution in [0.25, 0.3) is 0 Å². The fraction of sp³-hybridized carbons (Fsp3) is 0.852. The molecule has 0 heterocycles. The van der Waals surface area contributed by atoms with Crippen molar-refractivity contribution in [3.8, 4) is 0 Å². The molecule has 0 aliphatic carbocycles. The molecule has 8 nitrogen and oxygen atoms in total. The maximum atomic E-state index is 12.8. The van der Waals surface area contributed by atoms with Crippen molar-refractivity contribution < 1.29 is 37.3 Å². The largest absolute Gasteiger partial charge is 0.756 e. The molecule has 9 heteroatoms. The Morgan fingerprint density at radius 3 is 1.24 bits per heavy atom. The van der Waals surface area contributed by atoms with Gasteiger partial charge < -0.3 is 27.9 Å². The number of nitrogens with zero attached hydrogens (tertiary/aromatic N) is 1. The Morgan fingerprint density at radius 1 is 0.457 bits per heavy atom. The third kappa shape index (κ3) is 57.4. The summed E-state index contributed by atoms with van der Waals surface area (Å²) in [4.78, 5) is 25.3. The lowest BCUT2D eigenvalue weighted by molar-refractivity contribution is -0.870. The lowest BCUT2D eigenvalue weighted by Gasteiger charge is -2.28. The molecular weight excluding hydrogens is 890 g/mol. The van der Waals surface area contributed by atoms with Gasteiger partial charge in [0.25, 0.3) is 7.82 Å². The number of allylic oxidation sites excluding steroid dienone is 8. The maximum Gasteiger partial charge on any atom is 0.306 e. The first-order valence-electron chi connectivity index (χ1n) is 29.9. The molecule has 2 atom stereocenters. The van der Waals surface area contributed by atoms with Gasteiger partial charge in [-0.25, -0.2) is 0 Å². The first-order chi connectivity index (χ1) is 34.1. The van der Waals surface area contributed by atoms with Crippen molar-refractivity contribution in [2.45, 2.75) is 283 Å². The zero-order valence-corrected chi connectivity index (χ0v) is 47.9. The van der Waals surface area contributed by atoms with Crippen LogP contribution in [0.1, 0.15) is 277 Å². The van der Waals surface area contributed by atoms with Crippen LogP contribution in [0.15, 0.2) is 48.6 Å². The van der Waals surface area contributed by atoms with Crippen molar-refractivity contribution in [2.75, 3.05) is 54.1 Å². The van der Waals surface area contributed by atoms with E-state index in [2.05, 4.69) is 62.5 Å². The second-order valence-electron chi connectivity index (χ2n) is 21.3. The number of likely N-dealkylation sites (N-methyl/N-ethyl adjacent to an activating group) is 1. The van der Waals surface area contributed by atoms with Gasteiger partial charge in [-0.1, -0.05) is 268 Å². The average molecular weight is 1010 g/mol. The van der Waals surface area contributed by atoms with Gasteiger partial charge in [0, 0.05) is 13.0 Å². The minimum absolute atomic E-state index is 0.0259. The lowest BCUT2D eigenvalue weighted by Crippen LogP contribution is -2.37. The highest BCUT2D eigenvalue weighted by Gasteiger charge is 2.20. The van der Waals surface area contributed by atoms with Crippen molar-refractivity contribution in [3.63, 3.8) is 0 Å². The highest BCUT2D eigenvalue weighted by Crippen LogP contribution is 2.38. The highest BCUT2D eigenvalue weighted by atomic mass is 31.2. The molecule has 0 bridgehead atoms. The van der Waals surface area contributed by atoms with Gasteiger partial charge in [0.1, 0.15) is 19.3 Å². The Kier molecular flexibility index (Phi) is 52.6. The van der Waals surface area contributed by atoms with Crippen LogP contribution < -0.4 is 4.89 Å². The molecule has 0 rings (SSSR count). The van der Waals surface area contributed by atoms with E-state index in [9.17, 15) is 14.3 Å². The van der Waals surface area contributed by atoms with Crippen LogP contribution in [-0.4, -0.2) is 70.7 Å². The third-order valence-corrected chi connectivity index (χ3v) is 14.1. The van der Waals surface area contributed by atoms with E-state index in [-0.39, 0.29) is 25.8 Å². The number of hydrogen-bond donors (Lipinski definition) is 0. The molecule has 0 radical (unpaired) electrons. The van der Waals surface area contributed by atoms with Crippen LogP contribution in [0, 0.1) is 0 Å². The standard InChI is InChI=1S/C61H116NO7P/c1-6-8-10-12-14-16-18-20-22-24-26-28-30-31-33-35-37-39-41-43-45-47-49-51-53-56-66-58-60(59-68-70(64,65)67-57-55-62(3,4)5)69-61(63)54-52-50-48-46-44-42-40-38-36-34-32-29-27-25-23-21-19-17-15-13-11-9-7-2/h9,11,15,17,21,23,27,29,60H,6-8,10,12-14,16,18-20,22,24-26,28,30-59H2,1-5H3/b11-9-,17-15-,23-21-,29-27-. The van der Waals surface area contributed by atoms with Gasteiger partial charge in [0.05, 0.1) is 34.4 Å². The van der Waals surface area contributed by atoms with Crippen molar-refractivity contribution in [2.24, 2.45) is 0 Å². The topological polar surface area (TPSA) is 94.1 Å². The van der Waals surface area contributed by atoms with Crippen LogP contribution in [0.4, 0.5) is 0 Å². The third-order valence-electron chi connectivity index (χ3n) is 13.1.